The van der Waals surface area contributed by atoms with Crippen molar-refractivity contribution in [2.24, 2.45) is 0 Å². The molecule has 1 aromatic carbocycles. The standard InChI is InChI=1S/C19H23N3O3/c1-13-15(19(23)25-3)8-9-18(20-13)21-14-10-11-22(12-14)16-6-4-5-7-17(16)24-2/h4-9,14H,10-12H2,1-3H3,(H,20,21). The highest BCUT2D eigenvalue weighted by atomic mass is 16.5. The predicted octanol–water partition coefficient (Wildman–Crippen LogP) is 2.88. The monoisotopic (exact) mass is 341 g/mol. The number of carbonyl (C=O) groups excluding carboxylic acids is 1. The van der Waals surface area contributed by atoms with Crippen LogP contribution >= 0.6 is 0 Å². The van der Waals surface area contributed by atoms with Crippen LogP contribution in [0.2, 0.25) is 0 Å². The number of hydrogen-bond donors (Lipinski definition) is 1. The minimum absolute atomic E-state index is 0.292. The van der Waals surface area contributed by atoms with Gasteiger partial charge in [-0.25, -0.2) is 9.78 Å². The van der Waals surface area contributed by atoms with Crippen molar-refractivity contribution < 1.29 is 14.3 Å². The lowest BCUT2D eigenvalue weighted by molar-refractivity contribution is 0.0599. The number of hydrogen-bond acceptors (Lipinski definition) is 6. The molecule has 0 amide bonds. The quantitative estimate of drug-likeness (QED) is 0.844. The van der Waals surface area contributed by atoms with E-state index < -0.39 is 0 Å². The van der Waals surface area contributed by atoms with E-state index in [1.807, 2.05) is 31.2 Å². The van der Waals surface area contributed by atoms with E-state index >= 15 is 0 Å². The summed E-state index contributed by atoms with van der Waals surface area (Å²) in [5.74, 6) is 1.30. The highest BCUT2D eigenvalue weighted by molar-refractivity contribution is 5.90. The van der Waals surface area contributed by atoms with E-state index in [4.69, 9.17) is 9.47 Å². The second kappa shape index (κ2) is 7.42. The van der Waals surface area contributed by atoms with Gasteiger partial charge in [-0.1, -0.05) is 12.1 Å². The molecule has 6 heteroatoms. The number of pyridine rings is 1. The topological polar surface area (TPSA) is 63.7 Å². The Hall–Kier alpha value is -2.76. The number of nitrogens with zero attached hydrogens (tertiary/aromatic N) is 2. The zero-order chi connectivity index (χ0) is 17.8. The third kappa shape index (κ3) is 3.68. The van der Waals surface area contributed by atoms with E-state index in [-0.39, 0.29) is 5.97 Å². The van der Waals surface area contributed by atoms with Crippen molar-refractivity contribution in [2.75, 3.05) is 37.5 Å². The normalized spacial score (nSPS) is 16.6. The Bertz CT molecular complexity index is 763. The molecule has 1 aliphatic heterocycles. The molecule has 0 saturated carbocycles. The fraction of sp³-hybridized carbons (Fsp3) is 0.368. The van der Waals surface area contributed by atoms with Crippen LogP contribution in [-0.4, -0.2) is 44.3 Å². The lowest BCUT2D eigenvalue weighted by Crippen LogP contribution is -2.26. The predicted molar refractivity (Wildman–Crippen MR) is 97.5 cm³/mol. The molecule has 1 aromatic heterocycles. The van der Waals surface area contributed by atoms with E-state index in [2.05, 4.69) is 21.3 Å². The minimum Gasteiger partial charge on any atom is -0.495 e. The van der Waals surface area contributed by atoms with Crippen LogP contribution in [0.4, 0.5) is 11.5 Å². The van der Waals surface area contributed by atoms with Gasteiger partial charge in [0.1, 0.15) is 11.6 Å². The molecule has 1 fully saturated rings. The van der Waals surface area contributed by atoms with Crippen molar-refractivity contribution in [3.8, 4) is 5.75 Å². The highest BCUT2D eigenvalue weighted by Gasteiger charge is 2.25. The van der Waals surface area contributed by atoms with E-state index in [0.29, 0.717) is 17.3 Å². The molecule has 0 bridgehead atoms. The van der Waals surface area contributed by atoms with Gasteiger partial charge in [-0.05, 0) is 37.6 Å². The molecule has 3 rings (SSSR count). The molecular formula is C19H23N3O3. The van der Waals surface area contributed by atoms with Gasteiger partial charge < -0.3 is 19.7 Å². The van der Waals surface area contributed by atoms with Crippen molar-refractivity contribution in [1.29, 1.82) is 0 Å². The number of aryl methyl sites for hydroxylation is 1. The van der Waals surface area contributed by atoms with Gasteiger partial charge >= 0.3 is 5.97 Å². The third-order valence-corrected chi connectivity index (χ3v) is 4.46. The SMILES string of the molecule is COC(=O)c1ccc(NC2CCN(c3ccccc3OC)C2)nc1C. The zero-order valence-electron chi connectivity index (χ0n) is 14.8. The Morgan fingerprint density at radius 3 is 2.76 bits per heavy atom. The van der Waals surface area contributed by atoms with Gasteiger partial charge in [0.05, 0.1) is 31.2 Å². The average molecular weight is 341 g/mol. The number of esters is 1. The Labute approximate surface area is 147 Å². The fourth-order valence-electron chi connectivity index (χ4n) is 3.16. The molecule has 2 heterocycles. The summed E-state index contributed by atoms with van der Waals surface area (Å²) in [4.78, 5) is 18.4. The zero-order valence-corrected chi connectivity index (χ0v) is 14.8. The molecular weight excluding hydrogens is 318 g/mol. The Kier molecular flexibility index (Phi) is 5.07. The van der Waals surface area contributed by atoms with Crippen LogP contribution in [0.15, 0.2) is 36.4 Å². The van der Waals surface area contributed by atoms with Crippen molar-refractivity contribution >= 4 is 17.5 Å². The Morgan fingerprint density at radius 1 is 1.24 bits per heavy atom. The van der Waals surface area contributed by atoms with Crippen molar-refractivity contribution in [1.82, 2.24) is 4.98 Å². The number of benzene rings is 1. The minimum atomic E-state index is -0.361. The van der Waals surface area contributed by atoms with Crippen molar-refractivity contribution in [3.05, 3.63) is 47.7 Å². The van der Waals surface area contributed by atoms with Gasteiger partial charge in [0.2, 0.25) is 0 Å². The van der Waals surface area contributed by atoms with Crippen LogP contribution < -0.4 is 15.0 Å². The number of anilines is 2. The number of aromatic nitrogens is 1. The maximum Gasteiger partial charge on any atom is 0.339 e. The molecule has 25 heavy (non-hydrogen) atoms. The molecule has 0 aliphatic carbocycles. The molecule has 132 valence electrons. The molecule has 0 spiro atoms. The fourth-order valence-corrected chi connectivity index (χ4v) is 3.16. The largest absolute Gasteiger partial charge is 0.495 e. The Morgan fingerprint density at radius 2 is 2.04 bits per heavy atom. The molecule has 2 aromatic rings. The van der Waals surface area contributed by atoms with Gasteiger partial charge in [0.25, 0.3) is 0 Å². The second-order valence-electron chi connectivity index (χ2n) is 6.07. The van der Waals surface area contributed by atoms with Crippen molar-refractivity contribution in [3.63, 3.8) is 0 Å². The average Bonchev–Trinajstić information content (AvgIpc) is 3.09. The van der Waals surface area contributed by atoms with Gasteiger partial charge in [0.15, 0.2) is 0 Å². The maximum absolute atomic E-state index is 11.6. The first-order valence-corrected chi connectivity index (χ1v) is 8.33. The van der Waals surface area contributed by atoms with Crippen LogP contribution in [-0.2, 0) is 4.74 Å². The van der Waals surface area contributed by atoms with Gasteiger partial charge in [0, 0.05) is 19.1 Å². The van der Waals surface area contributed by atoms with E-state index in [1.165, 1.54) is 7.11 Å². The molecule has 1 atom stereocenters. The number of para-hydroxylation sites is 2. The highest BCUT2D eigenvalue weighted by Crippen LogP contribution is 2.31. The van der Waals surface area contributed by atoms with E-state index in [9.17, 15) is 4.79 Å². The molecule has 1 N–H and O–H groups in total. The molecule has 0 radical (unpaired) electrons. The van der Waals surface area contributed by atoms with Crippen LogP contribution in [0, 0.1) is 6.92 Å². The smallest absolute Gasteiger partial charge is 0.339 e. The van der Waals surface area contributed by atoms with Gasteiger partial charge in [-0.15, -0.1) is 0 Å². The summed E-state index contributed by atoms with van der Waals surface area (Å²) in [6.45, 7) is 3.64. The van der Waals surface area contributed by atoms with Crippen LogP contribution in [0.5, 0.6) is 5.75 Å². The van der Waals surface area contributed by atoms with Crippen LogP contribution in [0.1, 0.15) is 22.5 Å². The third-order valence-electron chi connectivity index (χ3n) is 4.46. The summed E-state index contributed by atoms with van der Waals surface area (Å²) in [5, 5.41) is 3.46. The van der Waals surface area contributed by atoms with Crippen LogP contribution in [0.3, 0.4) is 0 Å². The van der Waals surface area contributed by atoms with E-state index in [1.54, 1.807) is 13.2 Å². The van der Waals surface area contributed by atoms with Gasteiger partial charge in [-0.3, -0.25) is 0 Å². The van der Waals surface area contributed by atoms with Gasteiger partial charge in [-0.2, -0.15) is 0 Å². The summed E-state index contributed by atoms with van der Waals surface area (Å²) in [6.07, 6.45) is 1.01. The number of ether oxygens (including phenoxy) is 2. The number of nitrogens with one attached hydrogen (secondary N) is 1. The van der Waals surface area contributed by atoms with Crippen LogP contribution in [0.25, 0.3) is 0 Å². The number of rotatable bonds is 5. The lowest BCUT2D eigenvalue weighted by Gasteiger charge is -2.21. The molecule has 1 aliphatic rings. The number of carbonyl (C=O) groups is 1. The first kappa shape index (κ1) is 17.1. The summed E-state index contributed by atoms with van der Waals surface area (Å²) in [5.41, 5.74) is 2.27. The Balaban J connectivity index is 1.67. The first-order valence-electron chi connectivity index (χ1n) is 8.33. The van der Waals surface area contributed by atoms with Crippen molar-refractivity contribution in [2.45, 2.75) is 19.4 Å². The summed E-state index contributed by atoms with van der Waals surface area (Å²) in [6, 6.07) is 11.9. The number of methoxy groups -OCH3 is 2. The van der Waals surface area contributed by atoms with E-state index in [0.717, 1.165) is 36.8 Å². The molecule has 1 saturated heterocycles. The first-order chi connectivity index (χ1) is 12.1. The summed E-state index contributed by atoms with van der Waals surface area (Å²) < 4.78 is 10.2. The summed E-state index contributed by atoms with van der Waals surface area (Å²) in [7, 11) is 3.07. The lowest BCUT2D eigenvalue weighted by atomic mass is 10.2. The summed E-state index contributed by atoms with van der Waals surface area (Å²) >= 11 is 0. The maximum atomic E-state index is 11.6. The second-order valence-corrected chi connectivity index (χ2v) is 6.07. The molecule has 6 nitrogen and oxygen atoms in total. The molecule has 1 unspecified atom stereocenters.